The molecule has 3 rings (SSSR count). The number of primary amides is 1. The van der Waals surface area contributed by atoms with Crippen LogP contribution in [-0.4, -0.2) is 34.8 Å². The minimum Gasteiger partial charge on any atom is -0.438 e. The van der Waals surface area contributed by atoms with Crippen molar-refractivity contribution < 1.29 is 14.3 Å². The quantitative estimate of drug-likeness (QED) is 0.754. The molecule has 1 aliphatic heterocycles. The van der Waals surface area contributed by atoms with Gasteiger partial charge in [0.05, 0.1) is 0 Å². The Kier molecular flexibility index (Phi) is 6.45. The van der Waals surface area contributed by atoms with E-state index in [4.69, 9.17) is 10.5 Å². The first-order valence-corrected chi connectivity index (χ1v) is 9.78. The number of piperidine rings is 1. The maximum absolute atomic E-state index is 13.1. The van der Waals surface area contributed by atoms with Crippen molar-refractivity contribution in [2.45, 2.75) is 25.7 Å². The van der Waals surface area contributed by atoms with Crippen LogP contribution in [0.3, 0.4) is 0 Å². The molecule has 0 saturated carbocycles. The smallest absolute Gasteiger partial charge is 0.259 e. The van der Waals surface area contributed by atoms with E-state index in [-0.39, 0.29) is 11.8 Å². The summed E-state index contributed by atoms with van der Waals surface area (Å²) in [5, 5.41) is 0. The minimum atomic E-state index is -0.295. The molecule has 2 heterocycles. The Morgan fingerprint density at radius 1 is 1.26 bits per heavy atom. The molecule has 6 nitrogen and oxygen atoms in total. The number of pyridine rings is 1. The summed E-state index contributed by atoms with van der Waals surface area (Å²) in [6, 6.07) is 10.8. The number of ether oxygens (including phenoxy) is 1. The van der Waals surface area contributed by atoms with Crippen LogP contribution < -0.4 is 10.5 Å². The van der Waals surface area contributed by atoms with Gasteiger partial charge < -0.3 is 15.4 Å². The fourth-order valence-corrected chi connectivity index (χ4v) is 3.52. The molecule has 2 N–H and O–H groups in total. The molecule has 1 aromatic carbocycles. The second kappa shape index (κ2) is 8.99. The lowest BCUT2D eigenvalue weighted by molar-refractivity contribution is -0.118. The van der Waals surface area contributed by atoms with Crippen LogP contribution in [0.5, 0.6) is 11.6 Å². The second-order valence-electron chi connectivity index (χ2n) is 6.68. The third-order valence-corrected chi connectivity index (χ3v) is 5.16. The average molecular weight is 432 g/mol. The monoisotopic (exact) mass is 431 g/mol. The zero-order valence-electron chi connectivity index (χ0n) is 14.9. The van der Waals surface area contributed by atoms with E-state index in [2.05, 4.69) is 20.9 Å². The van der Waals surface area contributed by atoms with E-state index in [1.54, 1.807) is 18.3 Å². The molecule has 0 radical (unpaired) electrons. The van der Waals surface area contributed by atoms with Crippen LogP contribution in [-0.2, 0) is 4.79 Å². The second-order valence-corrected chi connectivity index (χ2v) is 7.59. The van der Waals surface area contributed by atoms with E-state index < -0.39 is 0 Å². The van der Waals surface area contributed by atoms with Crippen LogP contribution in [0, 0.1) is 5.92 Å². The molecule has 1 atom stereocenters. The molecule has 1 aliphatic rings. The van der Waals surface area contributed by atoms with Crippen LogP contribution >= 0.6 is 15.9 Å². The largest absolute Gasteiger partial charge is 0.438 e. The van der Waals surface area contributed by atoms with Gasteiger partial charge in [0.25, 0.3) is 5.91 Å². The van der Waals surface area contributed by atoms with Crippen LogP contribution in [0.15, 0.2) is 47.1 Å². The molecule has 2 amide bonds. The predicted molar refractivity (Wildman–Crippen MR) is 106 cm³/mol. The molecule has 142 valence electrons. The first kappa shape index (κ1) is 19.4. The van der Waals surface area contributed by atoms with Gasteiger partial charge in [0.1, 0.15) is 11.3 Å². The van der Waals surface area contributed by atoms with Crippen molar-refractivity contribution in [3.63, 3.8) is 0 Å². The minimum absolute atomic E-state index is 0.0982. The fourth-order valence-electron chi connectivity index (χ4n) is 3.25. The third-order valence-electron chi connectivity index (χ3n) is 4.63. The van der Waals surface area contributed by atoms with Crippen LogP contribution in [0.1, 0.15) is 36.0 Å². The van der Waals surface area contributed by atoms with E-state index in [0.29, 0.717) is 49.0 Å². The summed E-state index contributed by atoms with van der Waals surface area (Å²) in [5.74, 6) is 0.811. The molecular formula is C20H22BrN3O3. The van der Waals surface area contributed by atoms with Crippen molar-refractivity contribution in [2.75, 3.05) is 13.1 Å². The third kappa shape index (κ3) is 5.29. The summed E-state index contributed by atoms with van der Waals surface area (Å²) < 4.78 is 6.79. The van der Waals surface area contributed by atoms with Crippen molar-refractivity contribution in [2.24, 2.45) is 11.7 Å². The Labute approximate surface area is 166 Å². The normalized spacial score (nSPS) is 16.8. The van der Waals surface area contributed by atoms with Gasteiger partial charge >= 0.3 is 0 Å². The Morgan fingerprint density at radius 3 is 2.78 bits per heavy atom. The standard InChI is InChI=1S/C20H22BrN3O3/c21-15-6-8-16(9-7-15)27-19-17(4-1-11-23-19)20(26)24-12-2-3-14(13-24)5-10-18(22)25/h1,4,6-9,11,14H,2-3,5,10,12-13H2,(H2,22,25). The highest BCUT2D eigenvalue weighted by Crippen LogP contribution is 2.27. The first-order chi connectivity index (χ1) is 13.0. The van der Waals surface area contributed by atoms with Gasteiger partial charge in [-0.1, -0.05) is 15.9 Å². The summed E-state index contributed by atoms with van der Waals surface area (Å²) in [6.45, 7) is 1.32. The van der Waals surface area contributed by atoms with Gasteiger partial charge in [-0.05, 0) is 61.6 Å². The van der Waals surface area contributed by atoms with E-state index in [0.717, 1.165) is 17.3 Å². The Morgan fingerprint density at radius 2 is 2.04 bits per heavy atom. The summed E-state index contributed by atoms with van der Waals surface area (Å²) >= 11 is 3.39. The zero-order valence-corrected chi connectivity index (χ0v) is 16.5. The molecule has 0 spiro atoms. The van der Waals surface area contributed by atoms with E-state index in [1.165, 1.54) is 0 Å². The van der Waals surface area contributed by atoms with Crippen molar-refractivity contribution in [1.29, 1.82) is 0 Å². The highest BCUT2D eigenvalue weighted by molar-refractivity contribution is 9.10. The molecule has 7 heteroatoms. The number of benzene rings is 1. The van der Waals surface area contributed by atoms with Gasteiger partial charge in [0, 0.05) is 30.2 Å². The van der Waals surface area contributed by atoms with Crippen molar-refractivity contribution >= 4 is 27.7 Å². The van der Waals surface area contributed by atoms with Crippen molar-refractivity contribution in [3.05, 3.63) is 52.6 Å². The Bertz CT molecular complexity index is 810. The highest BCUT2D eigenvalue weighted by Gasteiger charge is 2.27. The number of rotatable bonds is 6. The molecule has 27 heavy (non-hydrogen) atoms. The maximum atomic E-state index is 13.1. The predicted octanol–water partition coefficient (Wildman–Crippen LogP) is 3.75. The zero-order chi connectivity index (χ0) is 19.2. The van der Waals surface area contributed by atoms with Gasteiger partial charge in [0.15, 0.2) is 0 Å². The number of halogens is 1. The maximum Gasteiger partial charge on any atom is 0.259 e. The number of carbonyl (C=O) groups is 2. The Hall–Kier alpha value is -2.41. The molecule has 0 aliphatic carbocycles. The Balaban J connectivity index is 1.72. The lowest BCUT2D eigenvalue weighted by Crippen LogP contribution is -2.40. The number of likely N-dealkylation sites (tertiary alicyclic amines) is 1. The number of aromatic nitrogens is 1. The summed E-state index contributed by atoms with van der Waals surface area (Å²) in [4.78, 5) is 30.2. The van der Waals surface area contributed by atoms with Gasteiger partial charge in [-0.2, -0.15) is 0 Å². The molecule has 0 bridgehead atoms. The summed E-state index contributed by atoms with van der Waals surface area (Å²) in [7, 11) is 0. The van der Waals surface area contributed by atoms with Crippen LogP contribution in [0.25, 0.3) is 0 Å². The van der Waals surface area contributed by atoms with Gasteiger partial charge in [0.2, 0.25) is 11.8 Å². The summed E-state index contributed by atoms with van der Waals surface area (Å²) in [6.07, 6.45) is 4.60. The van der Waals surface area contributed by atoms with Crippen LogP contribution in [0.2, 0.25) is 0 Å². The van der Waals surface area contributed by atoms with E-state index in [1.807, 2.05) is 29.2 Å². The van der Waals surface area contributed by atoms with Gasteiger partial charge in [-0.25, -0.2) is 4.98 Å². The van der Waals surface area contributed by atoms with E-state index in [9.17, 15) is 9.59 Å². The molecule has 1 saturated heterocycles. The number of carbonyl (C=O) groups excluding carboxylic acids is 2. The molecule has 1 aromatic heterocycles. The van der Waals surface area contributed by atoms with Crippen molar-refractivity contribution in [1.82, 2.24) is 9.88 Å². The number of hydrogen-bond donors (Lipinski definition) is 1. The molecule has 1 unspecified atom stereocenters. The number of hydrogen-bond acceptors (Lipinski definition) is 4. The van der Waals surface area contributed by atoms with Crippen LogP contribution in [0.4, 0.5) is 0 Å². The lowest BCUT2D eigenvalue weighted by Gasteiger charge is -2.33. The number of amides is 2. The molecule has 1 fully saturated rings. The molecular weight excluding hydrogens is 410 g/mol. The summed E-state index contributed by atoms with van der Waals surface area (Å²) in [5.41, 5.74) is 5.69. The van der Waals surface area contributed by atoms with E-state index >= 15 is 0 Å². The highest BCUT2D eigenvalue weighted by atomic mass is 79.9. The van der Waals surface area contributed by atoms with Crippen molar-refractivity contribution in [3.8, 4) is 11.6 Å². The lowest BCUT2D eigenvalue weighted by atomic mass is 9.93. The number of nitrogens with two attached hydrogens (primary N) is 1. The first-order valence-electron chi connectivity index (χ1n) is 8.99. The molecule has 2 aromatic rings. The average Bonchev–Trinajstić information content (AvgIpc) is 2.68. The SMILES string of the molecule is NC(=O)CCC1CCCN(C(=O)c2cccnc2Oc2ccc(Br)cc2)C1. The van der Waals surface area contributed by atoms with Gasteiger partial charge in [-0.15, -0.1) is 0 Å². The topological polar surface area (TPSA) is 85.5 Å². The number of nitrogens with zero attached hydrogens (tertiary/aromatic N) is 2. The van der Waals surface area contributed by atoms with Gasteiger partial charge in [-0.3, -0.25) is 9.59 Å². The fraction of sp³-hybridized carbons (Fsp3) is 0.350.